The summed E-state index contributed by atoms with van der Waals surface area (Å²) in [6.07, 6.45) is -0.308. The van der Waals surface area contributed by atoms with Crippen LogP contribution < -0.4 is 4.74 Å². The first-order valence-corrected chi connectivity index (χ1v) is 5.70. The van der Waals surface area contributed by atoms with Crippen molar-refractivity contribution in [1.29, 1.82) is 0 Å². The van der Waals surface area contributed by atoms with Crippen LogP contribution in [0.2, 0.25) is 0 Å². The molecule has 1 aromatic rings. The molecule has 1 rings (SSSR count). The summed E-state index contributed by atoms with van der Waals surface area (Å²) in [4.78, 5) is 11.8. The average molecular weight is 236 g/mol. The first kappa shape index (κ1) is 13.6. The van der Waals surface area contributed by atoms with E-state index in [2.05, 4.69) is 0 Å². The smallest absolute Gasteiger partial charge is 0.311 e. The van der Waals surface area contributed by atoms with Gasteiger partial charge in [0.25, 0.3) is 0 Å². The van der Waals surface area contributed by atoms with Crippen molar-refractivity contribution in [1.82, 2.24) is 0 Å². The van der Waals surface area contributed by atoms with Gasteiger partial charge in [-0.1, -0.05) is 18.2 Å². The monoisotopic (exact) mass is 236 g/mol. The Hall–Kier alpha value is -1.51. The molecule has 94 valence electrons. The lowest BCUT2D eigenvalue weighted by Crippen LogP contribution is -2.24. The van der Waals surface area contributed by atoms with Crippen LogP contribution in [0.5, 0.6) is 5.75 Å². The number of carbonyl (C=O) groups is 1. The number of carbonyl (C=O) groups excluding carboxylic acids is 1. The van der Waals surface area contributed by atoms with Crippen LogP contribution in [0.1, 0.15) is 39.4 Å². The highest BCUT2D eigenvalue weighted by atomic mass is 16.5. The van der Waals surface area contributed by atoms with E-state index in [1.807, 2.05) is 52.0 Å². The molecule has 0 aliphatic carbocycles. The molecule has 0 saturated heterocycles. The van der Waals surface area contributed by atoms with Gasteiger partial charge in [0.2, 0.25) is 0 Å². The van der Waals surface area contributed by atoms with Crippen molar-refractivity contribution >= 4 is 5.97 Å². The second-order valence-corrected chi connectivity index (χ2v) is 5.04. The number of benzene rings is 1. The number of methoxy groups -OCH3 is 1. The topological polar surface area (TPSA) is 35.5 Å². The third-order valence-corrected chi connectivity index (χ3v) is 2.47. The van der Waals surface area contributed by atoms with E-state index in [4.69, 9.17) is 9.47 Å². The number of para-hydroxylation sites is 1. The Morgan fingerprint density at radius 2 is 1.82 bits per heavy atom. The summed E-state index contributed by atoms with van der Waals surface area (Å²) >= 11 is 0. The predicted molar refractivity (Wildman–Crippen MR) is 67.0 cm³/mol. The normalized spacial score (nSPS) is 13.0. The van der Waals surface area contributed by atoms with Crippen LogP contribution in [-0.2, 0) is 9.53 Å². The van der Waals surface area contributed by atoms with Crippen molar-refractivity contribution in [3.05, 3.63) is 29.8 Å². The zero-order valence-corrected chi connectivity index (χ0v) is 11.1. The molecule has 1 atom stereocenters. The van der Waals surface area contributed by atoms with Crippen LogP contribution in [0.15, 0.2) is 24.3 Å². The molecule has 1 unspecified atom stereocenters. The highest BCUT2D eigenvalue weighted by Crippen LogP contribution is 2.29. The van der Waals surface area contributed by atoms with Crippen molar-refractivity contribution in [3.8, 4) is 5.75 Å². The van der Waals surface area contributed by atoms with E-state index in [-0.39, 0.29) is 12.1 Å². The predicted octanol–water partition coefficient (Wildman–Crippen LogP) is 3.35. The first-order valence-electron chi connectivity index (χ1n) is 5.70. The molecule has 3 nitrogen and oxygen atoms in total. The second kappa shape index (κ2) is 5.21. The molecule has 0 aliphatic rings. The summed E-state index contributed by atoms with van der Waals surface area (Å²) in [5.41, 5.74) is 0.392. The zero-order chi connectivity index (χ0) is 13.1. The van der Waals surface area contributed by atoms with Gasteiger partial charge in [0.15, 0.2) is 0 Å². The van der Waals surface area contributed by atoms with Crippen molar-refractivity contribution in [2.45, 2.75) is 33.8 Å². The molecule has 0 saturated carbocycles. The Bertz CT molecular complexity index is 391. The Kier molecular flexibility index (Phi) is 4.16. The SMILES string of the molecule is COc1ccccc1C(C)OC(=O)C(C)(C)C. The lowest BCUT2D eigenvalue weighted by Gasteiger charge is -2.22. The Morgan fingerprint density at radius 3 is 2.35 bits per heavy atom. The van der Waals surface area contributed by atoms with Crippen molar-refractivity contribution in [2.75, 3.05) is 7.11 Å². The van der Waals surface area contributed by atoms with Crippen LogP contribution in [0.25, 0.3) is 0 Å². The maximum Gasteiger partial charge on any atom is 0.311 e. The quantitative estimate of drug-likeness (QED) is 0.755. The highest BCUT2D eigenvalue weighted by Gasteiger charge is 2.26. The van der Waals surface area contributed by atoms with Gasteiger partial charge in [-0.2, -0.15) is 0 Å². The number of rotatable bonds is 3. The molecule has 0 heterocycles. The van der Waals surface area contributed by atoms with Crippen LogP contribution in [0.3, 0.4) is 0 Å². The number of hydrogen-bond acceptors (Lipinski definition) is 3. The van der Waals surface area contributed by atoms with E-state index in [1.54, 1.807) is 7.11 Å². The van der Waals surface area contributed by atoms with Gasteiger partial charge in [0.05, 0.1) is 12.5 Å². The van der Waals surface area contributed by atoms with Crippen LogP contribution >= 0.6 is 0 Å². The van der Waals surface area contributed by atoms with Crippen molar-refractivity contribution in [2.24, 2.45) is 5.41 Å². The fourth-order valence-electron chi connectivity index (χ4n) is 1.40. The van der Waals surface area contributed by atoms with Crippen molar-refractivity contribution in [3.63, 3.8) is 0 Å². The first-order chi connectivity index (χ1) is 7.86. The minimum absolute atomic E-state index is 0.212. The van der Waals surface area contributed by atoms with Gasteiger partial charge in [-0.15, -0.1) is 0 Å². The number of hydrogen-bond donors (Lipinski definition) is 0. The van der Waals surface area contributed by atoms with Crippen LogP contribution in [0.4, 0.5) is 0 Å². The van der Waals surface area contributed by atoms with Gasteiger partial charge in [-0.3, -0.25) is 4.79 Å². The van der Waals surface area contributed by atoms with Gasteiger partial charge in [-0.05, 0) is 33.8 Å². The fourth-order valence-corrected chi connectivity index (χ4v) is 1.40. The van der Waals surface area contributed by atoms with E-state index in [0.717, 1.165) is 11.3 Å². The lowest BCUT2D eigenvalue weighted by molar-refractivity contribution is -0.158. The van der Waals surface area contributed by atoms with Gasteiger partial charge in [0.1, 0.15) is 11.9 Å². The van der Waals surface area contributed by atoms with E-state index in [0.29, 0.717) is 0 Å². The summed E-state index contributed by atoms with van der Waals surface area (Å²) in [6.45, 7) is 7.36. The van der Waals surface area contributed by atoms with E-state index in [1.165, 1.54) is 0 Å². The van der Waals surface area contributed by atoms with E-state index >= 15 is 0 Å². The molecule has 0 aliphatic heterocycles. The number of esters is 1. The molecular formula is C14H20O3. The molecule has 0 radical (unpaired) electrons. The standard InChI is InChI=1S/C14H20O3/c1-10(17-13(15)14(2,3)4)11-8-6-7-9-12(11)16-5/h6-10H,1-5H3. The molecule has 0 N–H and O–H groups in total. The lowest BCUT2D eigenvalue weighted by atomic mass is 9.97. The molecular weight excluding hydrogens is 216 g/mol. The number of ether oxygens (including phenoxy) is 2. The molecule has 0 amide bonds. The zero-order valence-electron chi connectivity index (χ0n) is 11.1. The molecule has 1 aromatic carbocycles. The van der Waals surface area contributed by atoms with E-state index in [9.17, 15) is 4.79 Å². The fraction of sp³-hybridized carbons (Fsp3) is 0.500. The minimum atomic E-state index is -0.490. The minimum Gasteiger partial charge on any atom is -0.496 e. The van der Waals surface area contributed by atoms with Crippen LogP contribution in [-0.4, -0.2) is 13.1 Å². The van der Waals surface area contributed by atoms with Crippen LogP contribution in [0, 0.1) is 5.41 Å². The largest absolute Gasteiger partial charge is 0.496 e. The molecule has 0 bridgehead atoms. The van der Waals surface area contributed by atoms with Gasteiger partial charge >= 0.3 is 5.97 Å². The van der Waals surface area contributed by atoms with Gasteiger partial charge < -0.3 is 9.47 Å². The molecule has 3 heteroatoms. The third-order valence-electron chi connectivity index (χ3n) is 2.47. The third kappa shape index (κ3) is 3.48. The Labute approximate surface area is 103 Å². The second-order valence-electron chi connectivity index (χ2n) is 5.04. The molecule has 0 aromatic heterocycles. The Morgan fingerprint density at radius 1 is 1.24 bits per heavy atom. The summed E-state index contributed by atoms with van der Waals surface area (Å²) in [6, 6.07) is 7.55. The Balaban J connectivity index is 2.83. The van der Waals surface area contributed by atoms with E-state index < -0.39 is 5.41 Å². The summed E-state index contributed by atoms with van der Waals surface area (Å²) in [5, 5.41) is 0. The average Bonchev–Trinajstić information content (AvgIpc) is 2.27. The maximum atomic E-state index is 11.8. The van der Waals surface area contributed by atoms with Gasteiger partial charge in [0, 0.05) is 5.56 Å². The summed E-state index contributed by atoms with van der Waals surface area (Å²) < 4.78 is 10.7. The molecule has 0 spiro atoms. The maximum absolute atomic E-state index is 11.8. The van der Waals surface area contributed by atoms with Crippen molar-refractivity contribution < 1.29 is 14.3 Å². The molecule has 0 fully saturated rings. The highest BCUT2D eigenvalue weighted by molar-refractivity contribution is 5.75. The molecule has 17 heavy (non-hydrogen) atoms. The summed E-state index contributed by atoms with van der Waals surface area (Å²) in [7, 11) is 1.61. The van der Waals surface area contributed by atoms with Gasteiger partial charge in [-0.25, -0.2) is 0 Å². The summed E-state index contributed by atoms with van der Waals surface area (Å²) in [5.74, 6) is 0.526.